The predicted octanol–water partition coefficient (Wildman–Crippen LogP) is 15.8. The number of fused-ring (bicyclic) bond motifs is 10. The molecule has 2 aliphatic heterocycles. The first kappa shape index (κ1) is 42.6. The molecule has 0 fully saturated rings. The Hall–Kier alpha value is -6.00. The van der Waals surface area contributed by atoms with Gasteiger partial charge in [0, 0.05) is 60.9 Å². The van der Waals surface area contributed by atoms with Crippen LogP contribution in [0.4, 0.5) is 17.1 Å². The van der Waals surface area contributed by atoms with Crippen LogP contribution in [-0.2, 0) is 27.1 Å². The monoisotopic (exact) mass is 864 g/mol. The highest BCUT2D eigenvalue weighted by Gasteiger charge is 2.44. The van der Waals surface area contributed by atoms with Gasteiger partial charge in [0.05, 0.1) is 11.0 Å². The van der Waals surface area contributed by atoms with E-state index in [1.165, 1.54) is 116 Å². The molecule has 332 valence electrons. The lowest BCUT2D eigenvalue weighted by molar-refractivity contribution is 0.589. The van der Waals surface area contributed by atoms with Crippen molar-refractivity contribution in [1.29, 1.82) is 0 Å². The third-order valence-electron chi connectivity index (χ3n) is 15.0. The van der Waals surface area contributed by atoms with E-state index in [0.29, 0.717) is 0 Å². The van der Waals surface area contributed by atoms with Crippen molar-refractivity contribution in [3.8, 4) is 16.8 Å². The van der Waals surface area contributed by atoms with Gasteiger partial charge in [0.15, 0.2) is 0 Å². The molecule has 66 heavy (non-hydrogen) atoms. The highest BCUT2D eigenvalue weighted by molar-refractivity contribution is 6.90. The topological polar surface area (TPSA) is 13.1 Å². The fourth-order valence-corrected chi connectivity index (χ4v) is 11.1. The summed E-state index contributed by atoms with van der Waals surface area (Å²) in [7, 11) is 0. The van der Waals surface area contributed by atoms with Crippen LogP contribution in [0.25, 0.3) is 60.4 Å². The molecule has 0 saturated heterocycles. The Kier molecular flexibility index (Phi) is 8.90. The Bertz CT molecular complexity index is 3470. The fraction of sp³-hybridized carbons (Fsp3) is 0.323. The number of aromatic nitrogens is 2. The molecule has 0 unspecified atom stereocenters. The predicted molar refractivity (Wildman–Crippen MR) is 288 cm³/mol. The van der Waals surface area contributed by atoms with Gasteiger partial charge in [-0.1, -0.05) is 158 Å². The zero-order valence-corrected chi connectivity index (χ0v) is 42.0. The lowest BCUT2D eigenvalue weighted by Crippen LogP contribution is -2.56. The molecule has 4 heteroatoms. The van der Waals surface area contributed by atoms with Gasteiger partial charge in [-0.2, -0.15) is 0 Å². The number of rotatable bonds is 2. The van der Waals surface area contributed by atoms with Crippen LogP contribution in [0.2, 0.25) is 0 Å². The number of nitrogens with zero attached hydrogens (tertiary/aromatic N) is 3. The minimum Gasteiger partial charge on any atom is -0.375 e. The van der Waals surface area contributed by atoms with Crippen LogP contribution in [-0.4, -0.2) is 15.9 Å². The molecule has 0 atom stereocenters. The SMILES string of the molecule is CC(C)(C)c1ccc(N2c3cc4c(cc3B3c5c(cc(C(C)(C)C)cc52)-c2cc(C(C)(C)C)cc5c6cc(C(C)(C)C)ccc6n3c25)c2cc(C(C)(C)C)ccc2n4-c2ccccc2)cc1. The molecule has 0 bridgehead atoms. The molecular weight excluding hydrogens is 798 g/mol. The van der Waals surface area contributed by atoms with Crippen molar-refractivity contribution in [1.82, 2.24) is 9.05 Å². The van der Waals surface area contributed by atoms with Crippen molar-refractivity contribution in [2.45, 2.75) is 131 Å². The summed E-state index contributed by atoms with van der Waals surface area (Å²) in [5.41, 5.74) is 22.0. The number of hydrogen-bond donors (Lipinski definition) is 0. The van der Waals surface area contributed by atoms with Crippen molar-refractivity contribution in [3.05, 3.63) is 155 Å². The Morgan fingerprint density at radius 2 is 0.864 bits per heavy atom. The second-order valence-electron chi connectivity index (χ2n) is 24.8. The lowest BCUT2D eigenvalue weighted by Gasteiger charge is -2.42. The standard InChI is InChI=1S/C62H66BN3/c1-58(2,3)37-21-25-43(26-22-37)65-54-36-53-46(44-29-38(59(4,5)6)23-27-51(44)64(53)42-19-17-16-18-20-42)35-50(54)63-56-47(31-41(34-55(56)65)62(13,14)15)49-33-40(61(10,11)12)32-48-45-30-39(60(7,8)9)24-28-52(45)66(63)57(48)49/h16-36H,1-15H3. The van der Waals surface area contributed by atoms with Gasteiger partial charge in [-0.25, -0.2) is 0 Å². The number of para-hydroxylation sites is 1. The molecule has 0 aliphatic carbocycles. The minimum atomic E-state index is -0.0932. The van der Waals surface area contributed by atoms with Gasteiger partial charge in [-0.15, -0.1) is 0 Å². The summed E-state index contributed by atoms with van der Waals surface area (Å²) < 4.78 is 5.26. The molecule has 3 nitrogen and oxygen atoms in total. The summed E-state index contributed by atoms with van der Waals surface area (Å²) in [5, 5.41) is 5.27. The second-order valence-corrected chi connectivity index (χ2v) is 24.8. The van der Waals surface area contributed by atoms with Crippen LogP contribution in [0.3, 0.4) is 0 Å². The van der Waals surface area contributed by atoms with E-state index in [1.54, 1.807) is 0 Å². The maximum atomic E-state index is 2.75. The summed E-state index contributed by atoms with van der Waals surface area (Å²) in [5.74, 6) is 0. The molecule has 2 aromatic heterocycles. The Morgan fingerprint density at radius 1 is 0.364 bits per heavy atom. The smallest absolute Gasteiger partial charge is 0.333 e. The van der Waals surface area contributed by atoms with Crippen LogP contribution < -0.4 is 15.8 Å². The Balaban J connectivity index is 1.35. The summed E-state index contributed by atoms with van der Waals surface area (Å²) in [6, 6.07) is 50.3. The van der Waals surface area contributed by atoms with Gasteiger partial charge in [-0.05, 0) is 144 Å². The maximum Gasteiger partial charge on any atom is 0.333 e. The summed E-state index contributed by atoms with van der Waals surface area (Å²) in [6.07, 6.45) is 0. The van der Waals surface area contributed by atoms with Crippen LogP contribution in [0, 0.1) is 0 Å². The van der Waals surface area contributed by atoms with Crippen molar-refractivity contribution in [3.63, 3.8) is 0 Å². The highest BCUT2D eigenvalue weighted by atomic mass is 15.2. The zero-order valence-electron chi connectivity index (χ0n) is 42.0. The Labute approximate surface area is 393 Å². The molecule has 2 aliphatic rings. The average Bonchev–Trinajstić information content (AvgIpc) is 3.74. The third kappa shape index (κ3) is 6.37. The van der Waals surface area contributed by atoms with E-state index in [4.69, 9.17) is 0 Å². The van der Waals surface area contributed by atoms with Gasteiger partial charge in [0.1, 0.15) is 0 Å². The first-order valence-electron chi connectivity index (χ1n) is 24.3. The van der Waals surface area contributed by atoms with Gasteiger partial charge in [0.25, 0.3) is 0 Å². The summed E-state index contributed by atoms with van der Waals surface area (Å²) in [6.45, 7) is 35.1. The van der Waals surface area contributed by atoms with E-state index in [2.05, 4.69) is 245 Å². The molecule has 0 radical (unpaired) electrons. The molecule has 11 rings (SSSR count). The van der Waals surface area contributed by atoms with E-state index in [9.17, 15) is 0 Å². The lowest BCUT2D eigenvalue weighted by atomic mass is 9.44. The average molecular weight is 864 g/mol. The van der Waals surface area contributed by atoms with Gasteiger partial charge in [0.2, 0.25) is 0 Å². The van der Waals surface area contributed by atoms with Crippen molar-refractivity contribution >= 4 is 78.4 Å². The number of hydrogen-bond acceptors (Lipinski definition) is 1. The van der Waals surface area contributed by atoms with Crippen LogP contribution in [0.1, 0.15) is 132 Å². The number of anilines is 3. The van der Waals surface area contributed by atoms with Crippen molar-refractivity contribution < 1.29 is 0 Å². The quantitative estimate of drug-likeness (QED) is 0.158. The van der Waals surface area contributed by atoms with E-state index in [1.807, 2.05) is 0 Å². The second kappa shape index (κ2) is 13.8. The van der Waals surface area contributed by atoms with E-state index < -0.39 is 0 Å². The van der Waals surface area contributed by atoms with Gasteiger partial charge in [-0.3, -0.25) is 0 Å². The van der Waals surface area contributed by atoms with Crippen LogP contribution >= 0.6 is 0 Å². The molecule has 4 heterocycles. The molecule has 7 aromatic carbocycles. The van der Waals surface area contributed by atoms with Crippen LogP contribution in [0.15, 0.2) is 127 Å². The molecule has 9 aromatic rings. The van der Waals surface area contributed by atoms with Crippen molar-refractivity contribution in [2.24, 2.45) is 0 Å². The zero-order chi connectivity index (χ0) is 46.8. The van der Waals surface area contributed by atoms with E-state index >= 15 is 0 Å². The van der Waals surface area contributed by atoms with Crippen LogP contribution in [0.5, 0.6) is 0 Å². The molecular formula is C62H66BN3. The molecule has 0 amide bonds. The minimum absolute atomic E-state index is 0.00124. The largest absolute Gasteiger partial charge is 0.375 e. The molecule has 0 spiro atoms. The highest BCUT2D eigenvalue weighted by Crippen LogP contribution is 2.50. The maximum absolute atomic E-state index is 2.75. The van der Waals surface area contributed by atoms with E-state index in [-0.39, 0.29) is 33.9 Å². The van der Waals surface area contributed by atoms with Crippen molar-refractivity contribution in [2.75, 3.05) is 4.90 Å². The van der Waals surface area contributed by atoms with Gasteiger partial charge >= 0.3 is 6.85 Å². The third-order valence-corrected chi connectivity index (χ3v) is 15.0. The van der Waals surface area contributed by atoms with E-state index in [0.717, 1.165) is 0 Å². The summed E-state index contributed by atoms with van der Waals surface area (Å²) >= 11 is 0. The molecule has 0 N–H and O–H groups in total. The summed E-state index contributed by atoms with van der Waals surface area (Å²) in [4.78, 5) is 2.62. The first-order valence-corrected chi connectivity index (χ1v) is 24.3. The Morgan fingerprint density at radius 3 is 1.45 bits per heavy atom. The number of benzene rings is 7. The normalized spacial score (nSPS) is 14.2. The van der Waals surface area contributed by atoms with Gasteiger partial charge < -0.3 is 13.9 Å². The fourth-order valence-electron chi connectivity index (χ4n) is 11.1. The first-order chi connectivity index (χ1) is 30.9. The molecule has 0 saturated carbocycles.